The number of hydrogen-bond acceptors (Lipinski definition) is 3. The molecule has 0 spiro atoms. The van der Waals surface area contributed by atoms with Crippen molar-refractivity contribution in [2.45, 2.75) is 32.5 Å². The van der Waals surface area contributed by atoms with Crippen molar-refractivity contribution in [2.24, 2.45) is 0 Å². The fraction of sp³-hybridized carbons (Fsp3) is 0.700. The zero-order valence-electron chi connectivity index (χ0n) is 8.86. The zero-order valence-corrected chi connectivity index (χ0v) is 8.86. The van der Waals surface area contributed by atoms with Crippen LogP contribution >= 0.6 is 0 Å². The van der Waals surface area contributed by atoms with Gasteiger partial charge in [-0.3, -0.25) is 0 Å². The molecular formula is C10H17NO3. The van der Waals surface area contributed by atoms with E-state index in [0.717, 1.165) is 0 Å². The molecule has 0 saturated carbocycles. The van der Waals surface area contributed by atoms with Crippen molar-refractivity contribution >= 4 is 6.09 Å². The van der Waals surface area contributed by atoms with Gasteiger partial charge in [0.1, 0.15) is 5.60 Å². The molecule has 0 bridgehead atoms. The second kappa shape index (κ2) is 4.00. The average Bonchev–Trinajstić information content (AvgIpc) is 2.01. The van der Waals surface area contributed by atoms with Gasteiger partial charge >= 0.3 is 6.09 Å². The fourth-order valence-electron chi connectivity index (χ4n) is 1.18. The van der Waals surface area contributed by atoms with Gasteiger partial charge in [-0.2, -0.15) is 0 Å². The summed E-state index contributed by atoms with van der Waals surface area (Å²) in [6, 6.07) is 0. The molecule has 1 aliphatic rings. The van der Waals surface area contributed by atoms with E-state index in [1.165, 1.54) is 4.90 Å². The molecule has 0 radical (unpaired) electrons. The summed E-state index contributed by atoms with van der Waals surface area (Å²) in [5.74, 6) is 0. The number of carbonyl (C=O) groups excluding carboxylic acids is 1. The van der Waals surface area contributed by atoms with E-state index in [2.05, 4.69) is 0 Å². The van der Waals surface area contributed by atoms with Crippen molar-refractivity contribution in [3.8, 4) is 0 Å². The Morgan fingerprint density at radius 3 is 2.71 bits per heavy atom. The first-order valence-corrected chi connectivity index (χ1v) is 4.71. The average molecular weight is 199 g/mol. The van der Waals surface area contributed by atoms with Crippen molar-refractivity contribution in [2.75, 3.05) is 13.1 Å². The van der Waals surface area contributed by atoms with Crippen LogP contribution in [-0.2, 0) is 4.74 Å². The van der Waals surface area contributed by atoms with Crippen LogP contribution in [-0.4, -0.2) is 40.9 Å². The molecule has 1 aliphatic heterocycles. The lowest BCUT2D eigenvalue weighted by molar-refractivity contribution is 0.0189. The number of aliphatic hydroxyl groups is 1. The Morgan fingerprint density at radius 2 is 2.21 bits per heavy atom. The SMILES string of the molecule is CC(C)(C)OC(=O)N1CC=C[C@@H](O)C1. The largest absolute Gasteiger partial charge is 0.444 e. The lowest BCUT2D eigenvalue weighted by atomic mass is 10.2. The van der Waals surface area contributed by atoms with Crippen LogP contribution in [0.15, 0.2) is 12.2 Å². The van der Waals surface area contributed by atoms with Crippen molar-refractivity contribution in [1.82, 2.24) is 4.90 Å². The summed E-state index contributed by atoms with van der Waals surface area (Å²) in [6.07, 6.45) is 2.50. The Kier molecular flexibility index (Phi) is 3.16. The number of ether oxygens (including phenoxy) is 1. The van der Waals surface area contributed by atoms with E-state index in [0.29, 0.717) is 13.1 Å². The zero-order chi connectivity index (χ0) is 10.8. The van der Waals surface area contributed by atoms with Crippen LogP contribution in [0.1, 0.15) is 20.8 Å². The third-order valence-corrected chi connectivity index (χ3v) is 1.74. The molecule has 1 heterocycles. The molecule has 0 aromatic rings. The van der Waals surface area contributed by atoms with Crippen LogP contribution in [0.3, 0.4) is 0 Å². The van der Waals surface area contributed by atoms with E-state index in [4.69, 9.17) is 4.74 Å². The van der Waals surface area contributed by atoms with Gasteiger partial charge in [0.15, 0.2) is 0 Å². The lowest BCUT2D eigenvalue weighted by Crippen LogP contribution is -2.42. The Hall–Kier alpha value is -1.03. The van der Waals surface area contributed by atoms with Crippen LogP contribution in [0.5, 0.6) is 0 Å². The van der Waals surface area contributed by atoms with Gasteiger partial charge < -0.3 is 14.7 Å². The van der Waals surface area contributed by atoms with Gasteiger partial charge in [-0.15, -0.1) is 0 Å². The molecule has 0 aromatic carbocycles. The third-order valence-electron chi connectivity index (χ3n) is 1.74. The summed E-state index contributed by atoms with van der Waals surface area (Å²) in [6.45, 7) is 6.28. The number of hydrogen-bond donors (Lipinski definition) is 1. The molecule has 1 atom stereocenters. The summed E-state index contributed by atoms with van der Waals surface area (Å²) in [5, 5.41) is 9.29. The van der Waals surface area contributed by atoms with Gasteiger partial charge in [-0.05, 0) is 20.8 Å². The van der Waals surface area contributed by atoms with Gasteiger partial charge in [0.25, 0.3) is 0 Å². The number of nitrogens with zero attached hydrogens (tertiary/aromatic N) is 1. The second-order valence-electron chi connectivity index (χ2n) is 4.38. The number of aliphatic hydroxyl groups excluding tert-OH is 1. The normalized spacial score (nSPS) is 22.3. The topological polar surface area (TPSA) is 49.8 Å². The standard InChI is InChI=1S/C10H17NO3/c1-10(2,3)14-9(13)11-6-4-5-8(12)7-11/h4-5,8,12H,6-7H2,1-3H3/t8-/m1/s1. The molecule has 1 amide bonds. The third kappa shape index (κ3) is 3.38. The van der Waals surface area contributed by atoms with Gasteiger partial charge in [-0.25, -0.2) is 4.79 Å². The van der Waals surface area contributed by atoms with Crippen molar-refractivity contribution in [3.63, 3.8) is 0 Å². The predicted octanol–water partition coefficient (Wildman–Crippen LogP) is 1.15. The highest BCUT2D eigenvalue weighted by atomic mass is 16.6. The summed E-state index contributed by atoms with van der Waals surface area (Å²) < 4.78 is 5.17. The van der Waals surface area contributed by atoms with E-state index < -0.39 is 11.7 Å². The monoisotopic (exact) mass is 199 g/mol. The van der Waals surface area contributed by atoms with Crippen LogP contribution in [0.25, 0.3) is 0 Å². The first-order valence-electron chi connectivity index (χ1n) is 4.71. The molecule has 4 heteroatoms. The maximum absolute atomic E-state index is 11.5. The summed E-state index contributed by atoms with van der Waals surface area (Å²) in [4.78, 5) is 13.0. The smallest absolute Gasteiger partial charge is 0.410 e. The summed E-state index contributed by atoms with van der Waals surface area (Å²) in [5.41, 5.74) is -0.483. The Balaban J connectivity index is 2.50. The molecule has 4 nitrogen and oxygen atoms in total. The minimum absolute atomic E-state index is 0.311. The first kappa shape index (κ1) is 11.0. The minimum Gasteiger partial charge on any atom is -0.444 e. The quantitative estimate of drug-likeness (QED) is 0.595. The highest BCUT2D eigenvalue weighted by Gasteiger charge is 2.24. The van der Waals surface area contributed by atoms with Gasteiger partial charge in [0.2, 0.25) is 0 Å². The minimum atomic E-state index is -0.573. The molecule has 1 N–H and O–H groups in total. The molecule has 0 unspecified atom stereocenters. The maximum atomic E-state index is 11.5. The van der Waals surface area contributed by atoms with Gasteiger partial charge in [-0.1, -0.05) is 12.2 Å². The maximum Gasteiger partial charge on any atom is 0.410 e. The molecule has 0 aliphatic carbocycles. The fourth-order valence-corrected chi connectivity index (χ4v) is 1.18. The summed E-state index contributed by atoms with van der Waals surface area (Å²) >= 11 is 0. The molecule has 0 fully saturated rings. The van der Waals surface area contributed by atoms with E-state index in [1.54, 1.807) is 12.2 Å². The number of rotatable bonds is 0. The van der Waals surface area contributed by atoms with E-state index >= 15 is 0 Å². The Morgan fingerprint density at radius 1 is 1.57 bits per heavy atom. The van der Waals surface area contributed by atoms with Gasteiger partial charge in [0.05, 0.1) is 12.6 Å². The molecule has 0 saturated heterocycles. The first-order chi connectivity index (χ1) is 6.38. The molecule has 80 valence electrons. The molecular weight excluding hydrogens is 182 g/mol. The van der Waals surface area contributed by atoms with Gasteiger partial charge in [0, 0.05) is 6.54 Å². The summed E-state index contributed by atoms with van der Waals surface area (Å²) in [7, 11) is 0. The lowest BCUT2D eigenvalue weighted by Gasteiger charge is -2.29. The molecule has 0 aromatic heterocycles. The van der Waals surface area contributed by atoms with Crippen molar-refractivity contribution in [3.05, 3.63) is 12.2 Å². The molecule has 1 rings (SSSR count). The van der Waals surface area contributed by atoms with Crippen LogP contribution in [0.2, 0.25) is 0 Å². The Bertz CT molecular complexity index is 242. The van der Waals surface area contributed by atoms with Crippen LogP contribution in [0, 0.1) is 0 Å². The van der Waals surface area contributed by atoms with Crippen LogP contribution in [0.4, 0.5) is 4.79 Å². The molecule has 14 heavy (non-hydrogen) atoms. The number of amides is 1. The van der Waals surface area contributed by atoms with E-state index in [9.17, 15) is 9.90 Å². The van der Waals surface area contributed by atoms with E-state index in [-0.39, 0.29) is 6.09 Å². The highest BCUT2D eigenvalue weighted by Crippen LogP contribution is 2.11. The van der Waals surface area contributed by atoms with Crippen molar-refractivity contribution < 1.29 is 14.6 Å². The second-order valence-corrected chi connectivity index (χ2v) is 4.38. The predicted molar refractivity (Wildman–Crippen MR) is 53.0 cm³/mol. The van der Waals surface area contributed by atoms with Crippen LogP contribution < -0.4 is 0 Å². The van der Waals surface area contributed by atoms with Crippen molar-refractivity contribution in [1.29, 1.82) is 0 Å². The number of carbonyl (C=O) groups is 1. The number of β-amino-alcohol motifs (C(OH)–C–C–N with tert-alkyl or cyclic N) is 1. The van der Waals surface area contributed by atoms with E-state index in [1.807, 2.05) is 20.8 Å². The highest BCUT2D eigenvalue weighted by molar-refractivity contribution is 5.68. The Labute approximate surface area is 84.2 Å².